The van der Waals surface area contributed by atoms with Crippen LogP contribution in [0.25, 0.3) is 0 Å². The van der Waals surface area contributed by atoms with Gasteiger partial charge >= 0.3 is 0 Å². The number of carbonyl (C=O) groups excluding carboxylic acids is 1. The van der Waals surface area contributed by atoms with Gasteiger partial charge in [-0.05, 0) is 37.5 Å². The first-order chi connectivity index (χ1) is 8.59. The fourth-order valence-electron chi connectivity index (χ4n) is 2.63. The number of carbonyl (C=O) groups is 1. The summed E-state index contributed by atoms with van der Waals surface area (Å²) >= 11 is 0. The third-order valence-electron chi connectivity index (χ3n) is 4.01. The number of benzene rings is 1. The second-order valence-electron chi connectivity index (χ2n) is 5.20. The summed E-state index contributed by atoms with van der Waals surface area (Å²) in [6.07, 6.45) is 4.42. The molecule has 0 aliphatic heterocycles. The van der Waals surface area contributed by atoms with Crippen LogP contribution in [0.2, 0.25) is 0 Å². The van der Waals surface area contributed by atoms with Gasteiger partial charge in [-0.3, -0.25) is 4.79 Å². The Hall–Kier alpha value is -1.51. The zero-order valence-corrected chi connectivity index (χ0v) is 11.1. The molecule has 1 saturated carbocycles. The number of rotatable bonds is 3. The minimum atomic E-state index is 0.0544. The first kappa shape index (κ1) is 12.9. The maximum atomic E-state index is 12.3. The summed E-state index contributed by atoms with van der Waals surface area (Å²) in [4.78, 5) is 14.1. The third-order valence-corrected chi connectivity index (χ3v) is 4.01. The van der Waals surface area contributed by atoms with E-state index in [0.717, 1.165) is 18.4 Å². The number of hydrogen-bond acceptors (Lipinski definition) is 2. The van der Waals surface area contributed by atoms with Crippen molar-refractivity contribution in [1.82, 2.24) is 4.90 Å². The minimum Gasteiger partial charge on any atom is -0.508 e. The van der Waals surface area contributed by atoms with Crippen LogP contribution in [-0.4, -0.2) is 23.0 Å². The van der Waals surface area contributed by atoms with Gasteiger partial charge in [-0.1, -0.05) is 25.0 Å². The normalized spacial score (nSPS) is 17.7. The molecule has 1 amide bonds. The molecule has 0 radical (unpaired) electrons. The van der Waals surface area contributed by atoms with Crippen molar-refractivity contribution in [3.63, 3.8) is 0 Å². The standard InChI is InChI=1S/C15H21NO2/c1-11(12-7-9-14(17)10-8-12)16(2)15(18)13-5-3-4-6-13/h7-11,13,17H,3-6H2,1-2H3. The van der Waals surface area contributed by atoms with Crippen molar-refractivity contribution in [1.29, 1.82) is 0 Å². The lowest BCUT2D eigenvalue weighted by Crippen LogP contribution is -2.33. The largest absolute Gasteiger partial charge is 0.508 e. The zero-order chi connectivity index (χ0) is 13.1. The number of phenols is 1. The number of hydrogen-bond donors (Lipinski definition) is 1. The highest BCUT2D eigenvalue weighted by molar-refractivity contribution is 5.79. The van der Waals surface area contributed by atoms with E-state index in [1.165, 1.54) is 12.8 Å². The summed E-state index contributed by atoms with van der Waals surface area (Å²) in [6.45, 7) is 2.03. The maximum Gasteiger partial charge on any atom is 0.225 e. The molecule has 18 heavy (non-hydrogen) atoms. The molecule has 1 unspecified atom stereocenters. The van der Waals surface area contributed by atoms with E-state index in [9.17, 15) is 9.90 Å². The molecule has 1 aromatic rings. The van der Waals surface area contributed by atoms with Gasteiger partial charge in [-0.25, -0.2) is 0 Å². The molecule has 3 heteroatoms. The molecule has 2 rings (SSSR count). The minimum absolute atomic E-state index is 0.0544. The SMILES string of the molecule is CC(c1ccc(O)cc1)N(C)C(=O)C1CCCC1. The predicted octanol–water partition coefficient (Wildman–Crippen LogP) is 3.10. The molecule has 0 spiro atoms. The second kappa shape index (κ2) is 5.42. The van der Waals surface area contributed by atoms with Crippen LogP contribution >= 0.6 is 0 Å². The molecule has 1 N–H and O–H groups in total. The first-order valence-electron chi connectivity index (χ1n) is 6.65. The van der Waals surface area contributed by atoms with Gasteiger partial charge in [0.2, 0.25) is 5.91 Å². The van der Waals surface area contributed by atoms with Crippen molar-refractivity contribution >= 4 is 5.91 Å². The van der Waals surface area contributed by atoms with Crippen LogP contribution in [0.5, 0.6) is 5.75 Å². The van der Waals surface area contributed by atoms with Gasteiger partial charge in [-0.15, -0.1) is 0 Å². The molecule has 3 nitrogen and oxygen atoms in total. The Bertz CT molecular complexity index is 407. The van der Waals surface area contributed by atoms with Crippen molar-refractivity contribution in [3.8, 4) is 5.75 Å². The number of phenolic OH excluding ortho intramolecular Hbond substituents is 1. The summed E-state index contributed by atoms with van der Waals surface area (Å²) in [6, 6.07) is 7.13. The van der Waals surface area contributed by atoms with Crippen molar-refractivity contribution in [2.24, 2.45) is 5.92 Å². The molecule has 0 aromatic heterocycles. The molecule has 1 aliphatic carbocycles. The van der Waals surface area contributed by atoms with Crippen LogP contribution in [0.1, 0.15) is 44.2 Å². The Labute approximate surface area is 108 Å². The Morgan fingerprint density at radius 3 is 2.39 bits per heavy atom. The highest BCUT2D eigenvalue weighted by Crippen LogP contribution is 2.29. The van der Waals surface area contributed by atoms with Gasteiger partial charge in [-0.2, -0.15) is 0 Å². The van der Waals surface area contributed by atoms with Crippen molar-refractivity contribution in [3.05, 3.63) is 29.8 Å². The van der Waals surface area contributed by atoms with Gasteiger partial charge in [0.1, 0.15) is 5.75 Å². The zero-order valence-electron chi connectivity index (χ0n) is 11.1. The quantitative estimate of drug-likeness (QED) is 0.891. The van der Waals surface area contributed by atoms with Crippen LogP contribution in [0.3, 0.4) is 0 Å². The average molecular weight is 247 g/mol. The van der Waals surface area contributed by atoms with Gasteiger partial charge in [0, 0.05) is 13.0 Å². The molecule has 1 aliphatic rings. The topological polar surface area (TPSA) is 40.5 Å². The molecule has 0 bridgehead atoms. The Morgan fingerprint density at radius 1 is 1.28 bits per heavy atom. The molecular formula is C15H21NO2. The highest BCUT2D eigenvalue weighted by Gasteiger charge is 2.27. The molecule has 1 fully saturated rings. The van der Waals surface area contributed by atoms with Crippen molar-refractivity contribution in [2.75, 3.05) is 7.05 Å². The Morgan fingerprint density at radius 2 is 1.83 bits per heavy atom. The van der Waals surface area contributed by atoms with E-state index >= 15 is 0 Å². The molecule has 98 valence electrons. The monoisotopic (exact) mass is 247 g/mol. The summed E-state index contributed by atoms with van der Waals surface area (Å²) < 4.78 is 0. The summed E-state index contributed by atoms with van der Waals surface area (Å²) in [5, 5.41) is 9.28. The Balaban J connectivity index is 2.05. The lowest BCUT2D eigenvalue weighted by molar-refractivity contribution is -0.135. The smallest absolute Gasteiger partial charge is 0.225 e. The second-order valence-corrected chi connectivity index (χ2v) is 5.20. The van der Waals surface area contributed by atoms with E-state index in [4.69, 9.17) is 0 Å². The maximum absolute atomic E-state index is 12.3. The van der Waals surface area contributed by atoms with E-state index in [1.54, 1.807) is 12.1 Å². The molecule has 0 heterocycles. The molecular weight excluding hydrogens is 226 g/mol. The van der Waals surface area contributed by atoms with Crippen LogP contribution < -0.4 is 0 Å². The summed E-state index contributed by atoms with van der Waals surface area (Å²) in [5.74, 6) is 0.735. The van der Waals surface area contributed by atoms with Crippen LogP contribution in [0.15, 0.2) is 24.3 Å². The van der Waals surface area contributed by atoms with Crippen molar-refractivity contribution in [2.45, 2.75) is 38.6 Å². The number of aromatic hydroxyl groups is 1. The highest BCUT2D eigenvalue weighted by atomic mass is 16.3. The lowest BCUT2D eigenvalue weighted by Gasteiger charge is -2.28. The van der Waals surface area contributed by atoms with Gasteiger partial charge in [0.05, 0.1) is 6.04 Å². The number of amides is 1. The summed E-state index contributed by atoms with van der Waals surface area (Å²) in [7, 11) is 1.87. The van der Waals surface area contributed by atoms with E-state index < -0.39 is 0 Å². The third kappa shape index (κ3) is 2.66. The van der Waals surface area contributed by atoms with Gasteiger partial charge in [0.25, 0.3) is 0 Å². The average Bonchev–Trinajstić information content (AvgIpc) is 2.91. The Kier molecular flexibility index (Phi) is 3.90. The van der Waals surface area contributed by atoms with E-state index in [2.05, 4.69) is 0 Å². The predicted molar refractivity (Wildman–Crippen MR) is 71.2 cm³/mol. The molecule has 1 atom stereocenters. The van der Waals surface area contributed by atoms with Crippen LogP contribution in [0, 0.1) is 5.92 Å². The van der Waals surface area contributed by atoms with E-state index in [-0.39, 0.29) is 23.6 Å². The first-order valence-corrected chi connectivity index (χ1v) is 6.65. The number of nitrogens with zero attached hydrogens (tertiary/aromatic N) is 1. The van der Waals surface area contributed by atoms with Crippen molar-refractivity contribution < 1.29 is 9.90 Å². The fraction of sp³-hybridized carbons (Fsp3) is 0.533. The van der Waals surface area contributed by atoms with Gasteiger partial charge in [0.15, 0.2) is 0 Å². The van der Waals surface area contributed by atoms with Crippen LogP contribution in [-0.2, 0) is 4.79 Å². The van der Waals surface area contributed by atoms with E-state index in [1.807, 2.05) is 31.0 Å². The fourth-order valence-corrected chi connectivity index (χ4v) is 2.63. The van der Waals surface area contributed by atoms with Gasteiger partial charge < -0.3 is 10.0 Å². The van der Waals surface area contributed by atoms with Crippen LogP contribution in [0.4, 0.5) is 0 Å². The molecule has 0 saturated heterocycles. The molecule has 1 aromatic carbocycles. The lowest BCUT2D eigenvalue weighted by atomic mass is 10.0. The van der Waals surface area contributed by atoms with E-state index in [0.29, 0.717) is 0 Å². The summed E-state index contributed by atoms with van der Waals surface area (Å²) in [5.41, 5.74) is 1.06.